The second kappa shape index (κ2) is 5.88. The minimum atomic E-state index is -0.676. The molecular weight excluding hydrogens is 284 g/mol. The van der Waals surface area contributed by atoms with Gasteiger partial charge in [0.2, 0.25) is 5.91 Å². The summed E-state index contributed by atoms with van der Waals surface area (Å²) in [5, 5.41) is 4.13. The fourth-order valence-corrected chi connectivity index (χ4v) is 3.77. The Bertz CT molecular complexity index is 507. The van der Waals surface area contributed by atoms with E-state index in [2.05, 4.69) is 26.1 Å². The maximum absolute atomic E-state index is 12.3. The van der Waals surface area contributed by atoms with Crippen molar-refractivity contribution >= 4 is 23.2 Å². The van der Waals surface area contributed by atoms with Gasteiger partial charge in [-0.15, -0.1) is 0 Å². The Balaban J connectivity index is 2.38. The number of anilines is 1. The molecule has 0 heterocycles. The van der Waals surface area contributed by atoms with E-state index in [4.69, 9.17) is 17.3 Å². The van der Waals surface area contributed by atoms with Gasteiger partial charge in [0.25, 0.3) is 0 Å². The molecule has 0 aliphatic heterocycles. The highest BCUT2D eigenvalue weighted by Crippen LogP contribution is 2.46. The molecule has 21 heavy (non-hydrogen) atoms. The summed E-state index contributed by atoms with van der Waals surface area (Å²) in [7, 11) is 0. The molecule has 1 amide bonds. The van der Waals surface area contributed by atoms with Gasteiger partial charge in [0.15, 0.2) is 0 Å². The van der Waals surface area contributed by atoms with E-state index in [1.807, 2.05) is 24.3 Å². The van der Waals surface area contributed by atoms with Crippen molar-refractivity contribution in [3.63, 3.8) is 0 Å². The van der Waals surface area contributed by atoms with Crippen molar-refractivity contribution in [1.82, 2.24) is 0 Å². The van der Waals surface area contributed by atoms with Crippen LogP contribution in [0, 0.1) is 11.3 Å². The van der Waals surface area contributed by atoms with E-state index in [0.29, 0.717) is 5.02 Å². The van der Waals surface area contributed by atoms with Crippen LogP contribution in [0.2, 0.25) is 5.02 Å². The summed E-state index contributed by atoms with van der Waals surface area (Å²) in [6.07, 6.45) is 3.98. The molecule has 1 aromatic rings. The molecule has 1 aliphatic rings. The molecule has 1 saturated carbocycles. The van der Waals surface area contributed by atoms with Gasteiger partial charge in [-0.05, 0) is 48.4 Å². The number of carbonyl (C=O) groups excluding carboxylic acids is 1. The quantitative estimate of drug-likeness (QED) is 0.878. The molecule has 3 N–H and O–H groups in total. The van der Waals surface area contributed by atoms with E-state index in [1.165, 1.54) is 0 Å². The van der Waals surface area contributed by atoms with Crippen LogP contribution in [0.15, 0.2) is 24.3 Å². The van der Waals surface area contributed by atoms with Gasteiger partial charge >= 0.3 is 0 Å². The summed E-state index contributed by atoms with van der Waals surface area (Å²) < 4.78 is 0. The van der Waals surface area contributed by atoms with Gasteiger partial charge < -0.3 is 11.1 Å². The Morgan fingerprint density at radius 3 is 2.43 bits per heavy atom. The number of primary amides is 1. The molecule has 4 heteroatoms. The summed E-state index contributed by atoms with van der Waals surface area (Å²) in [4.78, 5) is 12.3. The van der Waals surface area contributed by atoms with E-state index in [1.54, 1.807) is 0 Å². The lowest BCUT2D eigenvalue weighted by molar-refractivity contribution is -0.127. The van der Waals surface area contributed by atoms with Gasteiger partial charge in [-0.3, -0.25) is 4.79 Å². The lowest BCUT2D eigenvalue weighted by Crippen LogP contribution is -2.60. The lowest BCUT2D eigenvalue weighted by atomic mass is 9.61. The zero-order chi connectivity index (χ0) is 15.7. The van der Waals surface area contributed by atoms with Crippen LogP contribution >= 0.6 is 11.6 Å². The van der Waals surface area contributed by atoms with Crippen molar-refractivity contribution < 1.29 is 4.79 Å². The van der Waals surface area contributed by atoms with Crippen LogP contribution in [0.3, 0.4) is 0 Å². The lowest BCUT2D eigenvalue weighted by Gasteiger charge is -2.49. The van der Waals surface area contributed by atoms with Crippen molar-refractivity contribution in [2.45, 2.75) is 52.0 Å². The molecular formula is C17H25ClN2O. The average molecular weight is 309 g/mol. The van der Waals surface area contributed by atoms with Crippen LogP contribution in [0.5, 0.6) is 0 Å². The summed E-state index contributed by atoms with van der Waals surface area (Å²) in [6.45, 7) is 6.55. The Morgan fingerprint density at radius 2 is 1.90 bits per heavy atom. The third kappa shape index (κ3) is 3.34. The first-order chi connectivity index (χ1) is 9.75. The highest BCUT2D eigenvalue weighted by Gasteiger charge is 2.50. The molecule has 2 unspecified atom stereocenters. The molecule has 0 spiro atoms. The first-order valence-corrected chi connectivity index (χ1v) is 7.97. The number of halogens is 1. The monoisotopic (exact) mass is 308 g/mol. The summed E-state index contributed by atoms with van der Waals surface area (Å²) >= 11 is 5.93. The van der Waals surface area contributed by atoms with Crippen LogP contribution < -0.4 is 11.1 Å². The third-order valence-corrected chi connectivity index (χ3v) is 4.86. The number of nitrogens with two attached hydrogens (primary N) is 1. The van der Waals surface area contributed by atoms with Gasteiger partial charge in [-0.2, -0.15) is 0 Å². The smallest absolute Gasteiger partial charge is 0.243 e. The fraction of sp³-hybridized carbons (Fsp3) is 0.588. The van der Waals surface area contributed by atoms with Gasteiger partial charge in [-0.25, -0.2) is 0 Å². The predicted octanol–water partition coefficient (Wildman–Crippen LogP) is 4.21. The molecule has 0 saturated heterocycles. The fourth-order valence-electron chi connectivity index (χ4n) is 3.64. The second-order valence-corrected chi connectivity index (χ2v) is 7.57. The highest BCUT2D eigenvalue weighted by molar-refractivity contribution is 6.30. The molecule has 2 atom stereocenters. The van der Waals surface area contributed by atoms with Crippen LogP contribution in [-0.2, 0) is 4.79 Å². The highest BCUT2D eigenvalue weighted by atomic mass is 35.5. The summed E-state index contributed by atoms with van der Waals surface area (Å²) in [5.41, 5.74) is 6.08. The molecule has 1 aliphatic carbocycles. The zero-order valence-corrected chi connectivity index (χ0v) is 13.8. The maximum Gasteiger partial charge on any atom is 0.243 e. The van der Waals surface area contributed by atoms with Crippen molar-refractivity contribution in [3.05, 3.63) is 29.3 Å². The van der Waals surface area contributed by atoms with Gasteiger partial charge in [-0.1, -0.05) is 45.2 Å². The third-order valence-electron chi connectivity index (χ3n) is 4.61. The average Bonchev–Trinajstić information content (AvgIpc) is 2.40. The predicted molar refractivity (Wildman–Crippen MR) is 88.4 cm³/mol. The standard InChI is InChI=1S/C17H25ClN2O/c1-16(2,3)14-6-4-5-11-17(14,15(19)21)20-13-9-7-12(18)8-10-13/h7-10,14,20H,4-6,11H2,1-3H3,(H2,19,21). The summed E-state index contributed by atoms with van der Waals surface area (Å²) in [6, 6.07) is 7.46. The number of nitrogens with one attached hydrogen (secondary N) is 1. The van der Waals surface area contributed by atoms with E-state index in [-0.39, 0.29) is 17.2 Å². The number of carbonyl (C=O) groups is 1. The number of benzene rings is 1. The van der Waals surface area contributed by atoms with E-state index in [9.17, 15) is 4.79 Å². The number of amides is 1. The molecule has 0 radical (unpaired) electrons. The Morgan fingerprint density at radius 1 is 1.29 bits per heavy atom. The van der Waals surface area contributed by atoms with Crippen molar-refractivity contribution in [2.75, 3.05) is 5.32 Å². The van der Waals surface area contributed by atoms with Crippen molar-refractivity contribution in [2.24, 2.45) is 17.1 Å². The molecule has 116 valence electrons. The Kier molecular flexibility index (Phi) is 4.52. The minimum absolute atomic E-state index is 0.0227. The Hall–Kier alpha value is -1.22. The molecule has 1 fully saturated rings. The zero-order valence-electron chi connectivity index (χ0n) is 13.1. The number of hydrogen-bond acceptors (Lipinski definition) is 2. The van der Waals surface area contributed by atoms with Gasteiger partial charge in [0.05, 0.1) is 0 Å². The molecule has 0 aromatic heterocycles. The maximum atomic E-state index is 12.3. The molecule has 2 rings (SSSR count). The number of hydrogen-bond donors (Lipinski definition) is 2. The second-order valence-electron chi connectivity index (χ2n) is 7.13. The van der Waals surface area contributed by atoms with E-state index in [0.717, 1.165) is 31.4 Å². The first-order valence-electron chi connectivity index (χ1n) is 7.59. The normalized spacial score (nSPS) is 26.4. The SMILES string of the molecule is CC(C)(C)C1CCCCC1(Nc1ccc(Cl)cc1)C(N)=O. The molecule has 0 bridgehead atoms. The van der Waals surface area contributed by atoms with Gasteiger partial charge in [0, 0.05) is 10.7 Å². The van der Waals surface area contributed by atoms with Crippen LogP contribution in [-0.4, -0.2) is 11.4 Å². The molecule has 1 aromatic carbocycles. The van der Waals surface area contributed by atoms with E-state index >= 15 is 0 Å². The van der Waals surface area contributed by atoms with Gasteiger partial charge in [0.1, 0.15) is 5.54 Å². The molecule has 3 nitrogen and oxygen atoms in total. The van der Waals surface area contributed by atoms with Crippen LogP contribution in [0.25, 0.3) is 0 Å². The first kappa shape index (κ1) is 16.2. The van der Waals surface area contributed by atoms with E-state index < -0.39 is 5.54 Å². The van der Waals surface area contributed by atoms with Crippen LogP contribution in [0.4, 0.5) is 5.69 Å². The largest absolute Gasteiger partial charge is 0.371 e. The van der Waals surface area contributed by atoms with Crippen molar-refractivity contribution in [3.8, 4) is 0 Å². The van der Waals surface area contributed by atoms with Crippen LogP contribution in [0.1, 0.15) is 46.5 Å². The topological polar surface area (TPSA) is 55.1 Å². The number of rotatable bonds is 3. The summed E-state index contributed by atoms with van der Waals surface area (Å²) in [5.74, 6) is -0.0380. The minimum Gasteiger partial charge on any atom is -0.371 e. The van der Waals surface area contributed by atoms with Crippen molar-refractivity contribution in [1.29, 1.82) is 0 Å². The Labute approximate surface area is 132 Å².